The number of nitrogens with one attached hydrogen (secondary N) is 2. The molecule has 108 valence electrons. The van der Waals surface area contributed by atoms with Gasteiger partial charge in [-0.1, -0.05) is 29.9 Å². The molecule has 0 radical (unpaired) electrons. The van der Waals surface area contributed by atoms with Crippen molar-refractivity contribution in [3.63, 3.8) is 0 Å². The summed E-state index contributed by atoms with van der Waals surface area (Å²) in [6.07, 6.45) is 12.8. The van der Waals surface area contributed by atoms with Gasteiger partial charge in [-0.2, -0.15) is 0 Å². The fraction of sp³-hybridized carbons (Fsp3) is 0.529. The second-order valence-corrected chi connectivity index (χ2v) is 6.02. The van der Waals surface area contributed by atoms with Gasteiger partial charge < -0.3 is 10.6 Å². The number of nitrogens with zero attached hydrogens (tertiary/aromatic N) is 1. The first-order chi connectivity index (χ1) is 9.81. The average Bonchev–Trinajstić information content (AvgIpc) is 2.49. The molecule has 1 unspecified atom stereocenters. The summed E-state index contributed by atoms with van der Waals surface area (Å²) in [5.74, 6) is 0.546. The molecular weight excluding hydrogens is 246 g/mol. The van der Waals surface area contributed by atoms with Crippen LogP contribution in [0, 0.1) is 5.92 Å². The van der Waals surface area contributed by atoms with Crippen molar-refractivity contribution < 1.29 is 0 Å². The summed E-state index contributed by atoms with van der Waals surface area (Å²) in [4.78, 5) is 2.54. The first kappa shape index (κ1) is 13.7. The van der Waals surface area contributed by atoms with Crippen molar-refractivity contribution in [2.45, 2.75) is 13.3 Å². The zero-order chi connectivity index (χ0) is 13.8. The number of hydrogen-bond acceptors (Lipinski definition) is 3. The third-order valence-corrected chi connectivity index (χ3v) is 4.28. The van der Waals surface area contributed by atoms with E-state index in [1.54, 1.807) is 0 Å². The number of piperazine rings is 1. The Morgan fingerprint density at radius 3 is 2.85 bits per heavy atom. The summed E-state index contributed by atoms with van der Waals surface area (Å²) < 4.78 is 0. The van der Waals surface area contributed by atoms with Crippen LogP contribution in [0.1, 0.15) is 13.3 Å². The maximum absolute atomic E-state index is 3.41. The molecule has 20 heavy (non-hydrogen) atoms. The zero-order valence-electron chi connectivity index (χ0n) is 12.4. The minimum absolute atomic E-state index is 0.546. The molecule has 2 aliphatic heterocycles. The topological polar surface area (TPSA) is 27.3 Å². The summed E-state index contributed by atoms with van der Waals surface area (Å²) in [6.45, 7) is 8.89. The van der Waals surface area contributed by atoms with Crippen LogP contribution in [0.2, 0.25) is 0 Å². The van der Waals surface area contributed by atoms with E-state index < -0.39 is 0 Å². The molecule has 3 aliphatic rings. The maximum atomic E-state index is 3.41. The van der Waals surface area contributed by atoms with E-state index in [0.29, 0.717) is 5.92 Å². The maximum Gasteiger partial charge on any atom is 0.0355 e. The molecule has 3 nitrogen and oxygen atoms in total. The van der Waals surface area contributed by atoms with Crippen molar-refractivity contribution >= 4 is 0 Å². The van der Waals surface area contributed by atoms with Gasteiger partial charge in [-0.3, -0.25) is 4.90 Å². The predicted molar refractivity (Wildman–Crippen MR) is 84.5 cm³/mol. The number of allylic oxidation sites excluding steroid dienone is 4. The second kappa shape index (κ2) is 6.42. The Morgan fingerprint density at radius 2 is 2.15 bits per heavy atom. The molecule has 0 aromatic carbocycles. The lowest BCUT2D eigenvalue weighted by Gasteiger charge is -2.29. The van der Waals surface area contributed by atoms with Crippen LogP contribution in [0.25, 0.3) is 0 Å². The molecule has 0 aromatic heterocycles. The van der Waals surface area contributed by atoms with Crippen molar-refractivity contribution in [2.24, 2.45) is 5.92 Å². The van der Waals surface area contributed by atoms with Crippen LogP contribution in [0.3, 0.4) is 0 Å². The first-order valence-corrected chi connectivity index (χ1v) is 7.72. The Bertz CT molecular complexity index is 465. The molecule has 0 bridgehead atoms. The molecule has 0 aromatic rings. The van der Waals surface area contributed by atoms with Crippen LogP contribution in [0.4, 0.5) is 0 Å². The highest BCUT2D eigenvalue weighted by atomic mass is 15.2. The van der Waals surface area contributed by atoms with Crippen molar-refractivity contribution in [2.75, 3.05) is 39.3 Å². The molecule has 2 heterocycles. The largest absolute Gasteiger partial charge is 0.387 e. The van der Waals surface area contributed by atoms with Gasteiger partial charge in [0.25, 0.3) is 0 Å². The molecule has 1 aliphatic carbocycles. The van der Waals surface area contributed by atoms with Gasteiger partial charge in [0, 0.05) is 51.4 Å². The van der Waals surface area contributed by atoms with Gasteiger partial charge in [-0.15, -0.1) is 0 Å². The minimum atomic E-state index is 0.546. The Morgan fingerprint density at radius 1 is 1.30 bits per heavy atom. The summed E-state index contributed by atoms with van der Waals surface area (Å²) in [7, 11) is 0. The fourth-order valence-corrected chi connectivity index (χ4v) is 3.08. The molecule has 0 amide bonds. The minimum Gasteiger partial charge on any atom is -0.387 e. The lowest BCUT2D eigenvalue weighted by molar-refractivity contribution is 0.260. The average molecular weight is 271 g/mol. The van der Waals surface area contributed by atoms with Gasteiger partial charge in [-0.05, 0) is 24.5 Å². The Kier molecular flexibility index (Phi) is 4.38. The summed E-state index contributed by atoms with van der Waals surface area (Å²) >= 11 is 0. The zero-order valence-corrected chi connectivity index (χ0v) is 12.4. The molecule has 3 heteroatoms. The third kappa shape index (κ3) is 3.41. The van der Waals surface area contributed by atoms with Crippen LogP contribution >= 0.6 is 0 Å². The molecule has 0 saturated carbocycles. The number of rotatable bonds is 3. The Hall–Kier alpha value is -1.32. The van der Waals surface area contributed by atoms with E-state index in [0.717, 1.165) is 32.6 Å². The fourth-order valence-electron chi connectivity index (χ4n) is 3.08. The summed E-state index contributed by atoms with van der Waals surface area (Å²) in [6, 6.07) is 0. The molecule has 1 fully saturated rings. The van der Waals surface area contributed by atoms with E-state index in [1.807, 2.05) is 0 Å². The standard InChI is InChI=1S/C17H25N3/c1-14-10-17(12-19-11-14)16-4-2-15(3-5-16)13-20-8-6-18-7-9-20/h2-4,10,12,16,18-19H,5-9,11,13H2,1H3. The Balaban J connectivity index is 1.55. The molecule has 1 atom stereocenters. The highest BCUT2D eigenvalue weighted by molar-refractivity contribution is 5.36. The highest BCUT2D eigenvalue weighted by Gasteiger charge is 2.16. The van der Waals surface area contributed by atoms with Gasteiger partial charge in [0.05, 0.1) is 0 Å². The van der Waals surface area contributed by atoms with Crippen molar-refractivity contribution in [1.82, 2.24) is 15.5 Å². The van der Waals surface area contributed by atoms with Crippen LogP contribution in [-0.4, -0.2) is 44.2 Å². The van der Waals surface area contributed by atoms with Crippen LogP contribution in [0.15, 0.2) is 47.2 Å². The smallest absolute Gasteiger partial charge is 0.0355 e. The first-order valence-electron chi connectivity index (χ1n) is 7.72. The normalized spacial score (nSPS) is 27.4. The SMILES string of the molecule is CC1=CC(C2C=CC(CN3CCNCC3)=CC2)=CNC1. The predicted octanol–water partition coefficient (Wildman–Crippen LogP) is 1.83. The van der Waals surface area contributed by atoms with E-state index in [9.17, 15) is 0 Å². The van der Waals surface area contributed by atoms with Gasteiger partial charge in [0.15, 0.2) is 0 Å². The molecule has 2 N–H and O–H groups in total. The monoisotopic (exact) mass is 271 g/mol. The highest BCUT2D eigenvalue weighted by Crippen LogP contribution is 2.26. The molecule has 1 saturated heterocycles. The van der Waals surface area contributed by atoms with E-state index in [-0.39, 0.29) is 0 Å². The second-order valence-electron chi connectivity index (χ2n) is 6.02. The van der Waals surface area contributed by atoms with E-state index >= 15 is 0 Å². The Labute approximate surface area is 122 Å². The van der Waals surface area contributed by atoms with E-state index in [1.165, 1.54) is 29.8 Å². The lowest BCUT2D eigenvalue weighted by Crippen LogP contribution is -2.44. The van der Waals surface area contributed by atoms with Crippen molar-refractivity contribution in [1.29, 1.82) is 0 Å². The third-order valence-electron chi connectivity index (χ3n) is 4.28. The van der Waals surface area contributed by atoms with Gasteiger partial charge in [0.1, 0.15) is 0 Å². The van der Waals surface area contributed by atoms with E-state index in [4.69, 9.17) is 0 Å². The number of dihydropyridines is 1. The van der Waals surface area contributed by atoms with Crippen LogP contribution in [0.5, 0.6) is 0 Å². The molecular formula is C17H25N3. The van der Waals surface area contributed by atoms with Gasteiger partial charge >= 0.3 is 0 Å². The quantitative estimate of drug-likeness (QED) is 0.820. The molecule has 3 rings (SSSR count). The van der Waals surface area contributed by atoms with Gasteiger partial charge in [-0.25, -0.2) is 0 Å². The summed E-state index contributed by atoms with van der Waals surface area (Å²) in [5, 5.41) is 6.76. The lowest BCUT2D eigenvalue weighted by atomic mass is 9.88. The number of hydrogen-bond donors (Lipinski definition) is 2. The molecule has 0 spiro atoms. The van der Waals surface area contributed by atoms with Crippen molar-refractivity contribution in [3.8, 4) is 0 Å². The van der Waals surface area contributed by atoms with Gasteiger partial charge in [0.2, 0.25) is 0 Å². The summed E-state index contributed by atoms with van der Waals surface area (Å²) in [5.41, 5.74) is 4.32. The van der Waals surface area contributed by atoms with Crippen LogP contribution in [-0.2, 0) is 0 Å². The van der Waals surface area contributed by atoms with Crippen molar-refractivity contribution in [3.05, 3.63) is 47.2 Å². The van der Waals surface area contributed by atoms with Crippen LogP contribution < -0.4 is 10.6 Å². The van der Waals surface area contributed by atoms with E-state index in [2.05, 4.69) is 53.0 Å².